The first-order valence-electron chi connectivity index (χ1n) is 4.35. The SMILES string of the molecule is C=CNC(=NC)c1sc(Br)nc1Br.CC. The second-order valence-corrected chi connectivity index (χ2v) is 5.03. The Morgan fingerprint density at radius 2 is 2.13 bits per heavy atom. The molecule has 0 aromatic carbocycles. The maximum absolute atomic E-state index is 4.16. The Kier molecular flexibility index (Phi) is 7.90. The van der Waals surface area contributed by atoms with Crippen LogP contribution in [-0.4, -0.2) is 17.9 Å². The molecular weight excluding hydrogens is 342 g/mol. The summed E-state index contributed by atoms with van der Waals surface area (Å²) in [6.45, 7) is 7.58. The molecule has 0 unspecified atom stereocenters. The summed E-state index contributed by atoms with van der Waals surface area (Å²) in [6.07, 6.45) is 1.59. The highest BCUT2D eigenvalue weighted by molar-refractivity contribution is 9.11. The van der Waals surface area contributed by atoms with Gasteiger partial charge >= 0.3 is 0 Å². The summed E-state index contributed by atoms with van der Waals surface area (Å²) >= 11 is 8.15. The minimum absolute atomic E-state index is 0.755. The lowest BCUT2D eigenvalue weighted by atomic mass is 10.5. The van der Waals surface area contributed by atoms with Gasteiger partial charge in [-0.25, -0.2) is 4.98 Å². The normalized spacial score (nSPS) is 10.3. The molecule has 0 aliphatic carbocycles. The van der Waals surface area contributed by atoms with Crippen LogP contribution in [0.4, 0.5) is 0 Å². The van der Waals surface area contributed by atoms with Crippen LogP contribution in [-0.2, 0) is 0 Å². The third-order valence-corrected chi connectivity index (χ3v) is 3.59. The Labute approximate surface area is 111 Å². The van der Waals surface area contributed by atoms with Crippen molar-refractivity contribution in [3.05, 3.63) is 26.2 Å². The lowest BCUT2D eigenvalue weighted by Crippen LogP contribution is -2.17. The number of aromatic nitrogens is 1. The van der Waals surface area contributed by atoms with Gasteiger partial charge in [0.15, 0.2) is 3.92 Å². The van der Waals surface area contributed by atoms with Crippen molar-refractivity contribution in [2.24, 2.45) is 4.99 Å². The number of rotatable bonds is 2. The van der Waals surface area contributed by atoms with Crippen LogP contribution in [0.25, 0.3) is 0 Å². The van der Waals surface area contributed by atoms with Crippen LogP contribution in [0.15, 0.2) is 26.3 Å². The van der Waals surface area contributed by atoms with Gasteiger partial charge in [0.05, 0.1) is 0 Å². The van der Waals surface area contributed by atoms with Crippen molar-refractivity contribution in [1.29, 1.82) is 0 Å². The first kappa shape index (κ1) is 14.8. The molecule has 3 nitrogen and oxygen atoms in total. The number of amidine groups is 1. The van der Waals surface area contributed by atoms with E-state index in [1.165, 1.54) is 11.3 Å². The quantitative estimate of drug-likeness (QED) is 0.647. The summed E-state index contributed by atoms with van der Waals surface area (Å²) in [4.78, 5) is 9.19. The molecular formula is C9H13Br2N3S. The van der Waals surface area contributed by atoms with Gasteiger partial charge in [0.25, 0.3) is 0 Å². The number of aliphatic imine (C=N–C) groups is 1. The molecule has 0 bridgehead atoms. The summed E-state index contributed by atoms with van der Waals surface area (Å²) in [5, 5.41) is 2.94. The van der Waals surface area contributed by atoms with Gasteiger partial charge in [-0.1, -0.05) is 20.4 Å². The molecule has 1 aromatic heterocycles. The fraction of sp³-hybridized carbons (Fsp3) is 0.333. The minimum Gasteiger partial charge on any atom is -0.346 e. The standard InChI is InChI=1S/C7H7Br2N3S.C2H6/c1-3-11-6(10-2)4-5(8)12-7(9)13-4;1-2/h3H,1H2,2H3,(H,10,11);1-2H3. The number of nitrogens with one attached hydrogen (secondary N) is 1. The van der Waals surface area contributed by atoms with Crippen molar-refractivity contribution < 1.29 is 0 Å². The molecule has 1 rings (SSSR count). The molecule has 0 saturated heterocycles. The highest BCUT2D eigenvalue weighted by Gasteiger charge is 2.11. The maximum Gasteiger partial charge on any atom is 0.161 e. The molecule has 1 N–H and O–H groups in total. The molecule has 0 saturated carbocycles. The average Bonchev–Trinajstić information content (AvgIpc) is 2.57. The van der Waals surface area contributed by atoms with Gasteiger partial charge in [-0.15, -0.1) is 11.3 Å². The first-order valence-corrected chi connectivity index (χ1v) is 6.75. The monoisotopic (exact) mass is 353 g/mol. The number of halogens is 2. The molecule has 0 aliphatic rings. The van der Waals surface area contributed by atoms with Gasteiger partial charge in [-0.2, -0.15) is 0 Å². The fourth-order valence-electron chi connectivity index (χ4n) is 0.751. The molecule has 0 spiro atoms. The van der Waals surface area contributed by atoms with Gasteiger partial charge in [0.2, 0.25) is 0 Å². The van der Waals surface area contributed by atoms with E-state index in [2.05, 4.69) is 53.7 Å². The van der Waals surface area contributed by atoms with Crippen LogP contribution in [0.2, 0.25) is 0 Å². The van der Waals surface area contributed by atoms with Crippen LogP contribution >= 0.6 is 43.2 Å². The van der Waals surface area contributed by atoms with Gasteiger partial charge in [0.1, 0.15) is 15.3 Å². The summed E-state index contributed by atoms with van der Waals surface area (Å²) in [7, 11) is 1.71. The molecule has 0 aliphatic heterocycles. The van der Waals surface area contributed by atoms with E-state index in [0.717, 1.165) is 19.2 Å². The Balaban J connectivity index is 0.000000921. The van der Waals surface area contributed by atoms with Crippen molar-refractivity contribution in [3.63, 3.8) is 0 Å². The molecule has 1 aromatic rings. The minimum atomic E-state index is 0.755. The molecule has 0 atom stereocenters. The second kappa shape index (κ2) is 8.01. The van der Waals surface area contributed by atoms with Crippen LogP contribution in [0.1, 0.15) is 18.7 Å². The fourth-order valence-corrected chi connectivity index (χ4v) is 3.06. The van der Waals surface area contributed by atoms with E-state index in [1.807, 2.05) is 13.8 Å². The second-order valence-electron chi connectivity index (χ2n) is 2.01. The zero-order valence-corrected chi connectivity index (χ0v) is 12.8. The van der Waals surface area contributed by atoms with E-state index in [-0.39, 0.29) is 0 Å². The topological polar surface area (TPSA) is 37.3 Å². The third kappa shape index (κ3) is 4.44. The van der Waals surface area contributed by atoms with E-state index in [4.69, 9.17) is 0 Å². The predicted octanol–water partition coefficient (Wildman–Crippen LogP) is 3.80. The van der Waals surface area contributed by atoms with Crippen LogP contribution in [0.3, 0.4) is 0 Å². The molecule has 0 fully saturated rings. The summed E-state index contributed by atoms with van der Waals surface area (Å²) in [5.41, 5.74) is 0. The molecule has 15 heavy (non-hydrogen) atoms. The van der Waals surface area contributed by atoms with Gasteiger partial charge < -0.3 is 5.32 Å². The van der Waals surface area contributed by atoms with Gasteiger partial charge in [-0.05, 0) is 38.1 Å². The van der Waals surface area contributed by atoms with Crippen molar-refractivity contribution in [1.82, 2.24) is 10.3 Å². The summed E-state index contributed by atoms with van der Waals surface area (Å²) < 4.78 is 1.60. The Bertz CT molecular complexity index is 347. The van der Waals surface area contributed by atoms with E-state index in [0.29, 0.717) is 0 Å². The average molecular weight is 355 g/mol. The number of hydrogen-bond donors (Lipinski definition) is 1. The summed E-state index contributed by atoms with van der Waals surface area (Å²) in [6, 6.07) is 0. The predicted molar refractivity (Wildman–Crippen MR) is 74.7 cm³/mol. The lowest BCUT2D eigenvalue weighted by molar-refractivity contribution is 1.22. The van der Waals surface area contributed by atoms with E-state index in [9.17, 15) is 0 Å². The van der Waals surface area contributed by atoms with E-state index >= 15 is 0 Å². The maximum atomic E-state index is 4.16. The Morgan fingerprint density at radius 3 is 2.47 bits per heavy atom. The molecule has 6 heteroatoms. The van der Waals surface area contributed by atoms with Crippen molar-refractivity contribution in [3.8, 4) is 0 Å². The highest BCUT2D eigenvalue weighted by Crippen LogP contribution is 2.27. The van der Waals surface area contributed by atoms with E-state index in [1.54, 1.807) is 13.2 Å². The molecule has 0 amide bonds. The van der Waals surface area contributed by atoms with Crippen molar-refractivity contribution in [2.75, 3.05) is 7.05 Å². The van der Waals surface area contributed by atoms with Crippen molar-refractivity contribution in [2.45, 2.75) is 13.8 Å². The van der Waals surface area contributed by atoms with Crippen molar-refractivity contribution >= 4 is 49.0 Å². The summed E-state index contributed by atoms with van der Waals surface area (Å²) in [5.74, 6) is 0.755. The lowest BCUT2D eigenvalue weighted by Gasteiger charge is -2.00. The third-order valence-electron chi connectivity index (χ3n) is 1.24. The Morgan fingerprint density at radius 1 is 1.53 bits per heavy atom. The molecule has 84 valence electrons. The van der Waals surface area contributed by atoms with E-state index < -0.39 is 0 Å². The van der Waals surface area contributed by atoms with Crippen LogP contribution in [0.5, 0.6) is 0 Å². The van der Waals surface area contributed by atoms with Crippen LogP contribution < -0.4 is 5.32 Å². The number of thiazole rings is 1. The smallest absolute Gasteiger partial charge is 0.161 e. The van der Waals surface area contributed by atoms with Gasteiger partial charge in [-0.3, -0.25) is 4.99 Å². The molecule has 1 heterocycles. The van der Waals surface area contributed by atoms with Crippen LogP contribution in [0, 0.1) is 0 Å². The molecule has 0 radical (unpaired) electrons. The largest absolute Gasteiger partial charge is 0.346 e. The zero-order chi connectivity index (χ0) is 11.8. The van der Waals surface area contributed by atoms with Gasteiger partial charge in [0, 0.05) is 7.05 Å². The number of nitrogens with zero attached hydrogens (tertiary/aromatic N) is 2. The zero-order valence-electron chi connectivity index (χ0n) is 8.84. The number of hydrogen-bond acceptors (Lipinski definition) is 3. The Hall–Kier alpha value is -0.200. The highest BCUT2D eigenvalue weighted by atomic mass is 79.9. The first-order chi connectivity index (χ1) is 7.19.